The van der Waals surface area contributed by atoms with Crippen LogP contribution in [-0.2, 0) is 21.4 Å². The van der Waals surface area contributed by atoms with Gasteiger partial charge in [-0.25, -0.2) is 13.8 Å². The molecule has 1 amide bonds. The number of ether oxygens (including phenoxy) is 2. The number of sulfonamides is 1. The summed E-state index contributed by atoms with van der Waals surface area (Å²) in [5.74, 6) is 0.299. The van der Waals surface area contributed by atoms with E-state index in [0.717, 1.165) is 21.0 Å². The second kappa shape index (κ2) is 11.4. The summed E-state index contributed by atoms with van der Waals surface area (Å²) in [4.78, 5) is 12.3. The Morgan fingerprint density at radius 1 is 1.06 bits per heavy atom. The number of nitrogens with one attached hydrogen (secondary N) is 1. The van der Waals surface area contributed by atoms with E-state index < -0.39 is 22.5 Å². The van der Waals surface area contributed by atoms with Gasteiger partial charge in [0.2, 0.25) is 10.0 Å². The first kappa shape index (κ1) is 24.9. The smallest absolute Gasteiger partial charge is 0.255 e. The molecule has 3 aromatic carbocycles. The number of amides is 1. The van der Waals surface area contributed by atoms with Crippen LogP contribution in [0.15, 0.2) is 82.8 Å². The number of hydrogen-bond donors (Lipinski definition) is 1. The predicted molar refractivity (Wildman–Crippen MR) is 130 cm³/mol. The van der Waals surface area contributed by atoms with Crippen molar-refractivity contribution in [1.82, 2.24) is 9.73 Å². The lowest BCUT2D eigenvalue weighted by Gasteiger charge is -2.18. The first-order valence-corrected chi connectivity index (χ1v) is 11.9. The van der Waals surface area contributed by atoms with Gasteiger partial charge in [-0.15, -0.1) is 0 Å². The molecular weight excluding hydrogens is 454 g/mol. The van der Waals surface area contributed by atoms with Gasteiger partial charge in [0.25, 0.3) is 5.91 Å². The van der Waals surface area contributed by atoms with Crippen molar-refractivity contribution in [2.45, 2.75) is 18.4 Å². The van der Waals surface area contributed by atoms with Crippen LogP contribution in [0.4, 0.5) is 0 Å². The number of benzene rings is 3. The number of likely N-dealkylation sites (N-methyl/N-ethyl adjacent to an activating group) is 1. The zero-order chi connectivity index (χ0) is 24.6. The average molecular weight is 482 g/mol. The molecule has 1 N–H and O–H groups in total. The summed E-state index contributed by atoms with van der Waals surface area (Å²) in [6.07, 6.45) is 1.46. The number of carbonyl (C=O) groups excluding carboxylic acids is 1. The Balaban J connectivity index is 1.57. The van der Waals surface area contributed by atoms with Gasteiger partial charge in [0.05, 0.1) is 19.9 Å². The second-order valence-electron chi connectivity index (χ2n) is 7.56. The van der Waals surface area contributed by atoms with E-state index >= 15 is 0 Å². The molecule has 0 saturated carbocycles. The molecule has 3 aromatic rings. The van der Waals surface area contributed by atoms with E-state index in [1.165, 1.54) is 26.4 Å². The van der Waals surface area contributed by atoms with Crippen LogP contribution in [0.3, 0.4) is 0 Å². The fourth-order valence-corrected chi connectivity index (χ4v) is 4.44. The maximum absolute atomic E-state index is 12.9. The van der Waals surface area contributed by atoms with Crippen LogP contribution in [0.5, 0.6) is 11.5 Å². The first-order valence-electron chi connectivity index (χ1n) is 10.5. The van der Waals surface area contributed by atoms with E-state index in [4.69, 9.17) is 9.47 Å². The summed E-state index contributed by atoms with van der Waals surface area (Å²) < 4.78 is 37.7. The van der Waals surface area contributed by atoms with Crippen LogP contribution in [0.25, 0.3) is 0 Å². The summed E-state index contributed by atoms with van der Waals surface area (Å²) in [7, 11) is -1.21. The van der Waals surface area contributed by atoms with Crippen molar-refractivity contribution in [3.63, 3.8) is 0 Å². The lowest BCUT2D eigenvalue weighted by Crippen LogP contribution is -2.36. The van der Waals surface area contributed by atoms with Crippen LogP contribution in [0.1, 0.15) is 16.7 Å². The summed E-state index contributed by atoms with van der Waals surface area (Å²) in [5.41, 5.74) is 4.89. The second-order valence-corrected chi connectivity index (χ2v) is 9.57. The van der Waals surface area contributed by atoms with E-state index in [0.29, 0.717) is 12.4 Å². The van der Waals surface area contributed by atoms with Crippen molar-refractivity contribution in [3.05, 3.63) is 89.5 Å². The normalized spacial score (nSPS) is 11.5. The van der Waals surface area contributed by atoms with Gasteiger partial charge in [-0.1, -0.05) is 48.5 Å². The summed E-state index contributed by atoms with van der Waals surface area (Å²) in [6.45, 7) is 1.81. The lowest BCUT2D eigenvalue weighted by atomic mass is 10.2. The number of hydrazone groups is 1. The van der Waals surface area contributed by atoms with Crippen molar-refractivity contribution in [1.29, 1.82) is 0 Å². The fraction of sp³-hybridized carbons (Fsp3) is 0.200. The zero-order valence-corrected chi connectivity index (χ0v) is 20.1. The third-order valence-electron chi connectivity index (χ3n) is 4.88. The molecule has 3 rings (SSSR count). The molecule has 0 unspecified atom stereocenters. The van der Waals surface area contributed by atoms with Crippen molar-refractivity contribution in [2.75, 3.05) is 20.7 Å². The van der Waals surface area contributed by atoms with E-state index in [9.17, 15) is 13.2 Å². The van der Waals surface area contributed by atoms with Gasteiger partial charge in [0.1, 0.15) is 23.0 Å². The van der Waals surface area contributed by atoms with Crippen molar-refractivity contribution < 1.29 is 22.7 Å². The molecule has 178 valence electrons. The Bertz CT molecular complexity index is 1260. The molecule has 0 aliphatic rings. The molecule has 0 radical (unpaired) electrons. The highest BCUT2D eigenvalue weighted by Crippen LogP contribution is 2.27. The number of aryl methyl sites for hydroxylation is 1. The summed E-state index contributed by atoms with van der Waals surface area (Å²) >= 11 is 0. The zero-order valence-electron chi connectivity index (χ0n) is 19.3. The van der Waals surface area contributed by atoms with Crippen LogP contribution in [-0.4, -0.2) is 45.5 Å². The minimum atomic E-state index is -3.93. The van der Waals surface area contributed by atoms with Crippen LogP contribution < -0.4 is 14.9 Å². The number of nitrogens with zero attached hydrogens (tertiary/aromatic N) is 2. The molecule has 0 heterocycles. The lowest BCUT2D eigenvalue weighted by molar-refractivity contribution is -0.121. The van der Waals surface area contributed by atoms with Crippen LogP contribution in [0.2, 0.25) is 0 Å². The van der Waals surface area contributed by atoms with Gasteiger partial charge in [0, 0.05) is 7.05 Å². The fourth-order valence-electron chi connectivity index (χ4n) is 3.08. The minimum absolute atomic E-state index is 0.00104. The molecule has 0 aliphatic carbocycles. The van der Waals surface area contributed by atoms with Crippen molar-refractivity contribution in [2.24, 2.45) is 5.10 Å². The minimum Gasteiger partial charge on any atom is -0.495 e. The van der Waals surface area contributed by atoms with E-state index in [-0.39, 0.29) is 10.6 Å². The van der Waals surface area contributed by atoms with E-state index in [2.05, 4.69) is 10.5 Å². The molecule has 0 fully saturated rings. The first-order chi connectivity index (χ1) is 16.3. The SMILES string of the molecule is COc1ccc(C)cc1S(=O)(=O)N(C)CC(=O)N/N=C\c1cccc(OCc2ccccc2)c1. The van der Waals surface area contributed by atoms with Crippen LogP contribution in [0, 0.1) is 6.92 Å². The topological polar surface area (TPSA) is 97.3 Å². The number of carbonyl (C=O) groups is 1. The van der Waals surface area contributed by atoms with Gasteiger partial charge in [-0.3, -0.25) is 4.79 Å². The van der Waals surface area contributed by atoms with Gasteiger partial charge < -0.3 is 9.47 Å². The standard InChI is InChI=1S/C25H27N3O5S/c1-19-12-13-23(32-3)24(14-19)34(30,31)28(2)17-25(29)27-26-16-21-10-7-11-22(15-21)33-18-20-8-5-4-6-9-20/h4-16H,17-18H2,1-3H3,(H,27,29)/b26-16-. The Labute approximate surface area is 199 Å². The summed E-state index contributed by atoms with van der Waals surface area (Å²) in [6, 6.07) is 21.9. The Morgan fingerprint density at radius 2 is 1.82 bits per heavy atom. The Hall–Kier alpha value is -3.69. The van der Waals surface area contributed by atoms with Crippen LogP contribution >= 0.6 is 0 Å². The molecule has 34 heavy (non-hydrogen) atoms. The number of methoxy groups -OCH3 is 1. The van der Waals surface area contributed by atoms with Crippen molar-refractivity contribution in [3.8, 4) is 11.5 Å². The molecule has 9 heteroatoms. The molecule has 0 aromatic heterocycles. The highest BCUT2D eigenvalue weighted by atomic mass is 32.2. The molecule has 0 bridgehead atoms. The quantitative estimate of drug-likeness (QED) is 0.354. The van der Waals surface area contributed by atoms with Crippen molar-refractivity contribution >= 4 is 22.1 Å². The molecular formula is C25H27N3O5S. The highest BCUT2D eigenvalue weighted by Gasteiger charge is 2.26. The Morgan fingerprint density at radius 3 is 2.56 bits per heavy atom. The molecule has 8 nitrogen and oxygen atoms in total. The molecule has 0 aliphatic heterocycles. The van der Waals surface area contributed by atoms with E-state index in [1.54, 1.807) is 25.1 Å². The average Bonchev–Trinajstić information content (AvgIpc) is 2.83. The van der Waals surface area contributed by atoms with E-state index in [1.807, 2.05) is 48.5 Å². The van der Waals surface area contributed by atoms with Gasteiger partial charge >= 0.3 is 0 Å². The number of rotatable bonds is 10. The highest BCUT2D eigenvalue weighted by molar-refractivity contribution is 7.89. The predicted octanol–water partition coefficient (Wildman–Crippen LogP) is 3.35. The molecule has 0 atom stereocenters. The van der Waals surface area contributed by atoms with Gasteiger partial charge in [-0.05, 0) is 47.9 Å². The largest absolute Gasteiger partial charge is 0.495 e. The maximum Gasteiger partial charge on any atom is 0.255 e. The van der Waals surface area contributed by atoms with Gasteiger partial charge in [-0.2, -0.15) is 9.41 Å². The summed E-state index contributed by atoms with van der Waals surface area (Å²) in [5, 5.41) is 3.93. The molecule has 0 spiro atoms. The Kier molecular flexibility index (Phi) is 8.39. The third-order valence-corrected chi connectivity index (χ3v) is 6.71. The number of hydrogen-bond acceptors (Lipinski definition) is 6. The third kappa shape index (κ3) is 6.66. The maximum atomic E-state index is 12.9. The van der Waals surface area contributed by atoms with Gasteiger partial charge in [0.15, 0.2) is 0 Å². The molecule has 0 saturated heterocycles. The monoisotopic (exact) mass is 481 g/mol.